The maximum atomic E-state index is 12.4. The molecule has 3 aliphatic heterocycles. The van der Waals surface area contributed by atoms with Crippen molar-refractivity contribution in [3.05, 3.63) is 0 Å². The minimum Gasteiger partial charge on any atom is -0.374 e. The van der Waals surface area contributed by atoms with Crippen LogP contribution in [0.1, 0.15) is 32.1 Å². The van der Waals surface area contributed by atoms with Crippen LogP contribution in [0.4, 0.5) is 0 Å². The standard InChI is InChI=1S/C14H23NO2S/c16-13(7-11-1-4-15-9-11)12-2-5-17-14(8-12)3-6-18-10-14/h11-12,15H,1-10H2. The summed E-state index contributed by atoms with van der Waals surface area (Å²) in [5.41, 5.74) is 0.0527. The van der Waals surface area contributed by atoms with Gasteiger partial charge in [-0.3, -0.25) is 4.79 Å². The minimum atomic E-state index is 0.0527. The fourth-order valence-electron chi connectivity index (χ4n) is 3.51. The summed E-state index contributed by atoms with van der Waals surface area (Å²) in [6.45, 7) is 2.92. The van der Waals surface area contributed by atoms with Gasteiger partial charge < -0.3 is 10.1 Å². The van der Waals surface area contributed by atoms with E-state index in [4.69, 9.17) is 4.74 Å². The van der Waals surface area contributed by atoms with Crippen molar-refractivity contribution in [2.45, 2.75) is 37.7 Å². The van der Waals surface area contributed by atoms with Crippen LogP contribution >= 0.6 is 11.8 Å². The summed E-state index contributed by atoms with van der Waals surface area (Å²) in [4.78, 5) is 12.4. The zero-order chi connectivity index (χ0) is 12.4. The van der Waals surface area contributed by atoms with Crippen LogP contribution in [-0.4, -0.2) is 42.6 Å². The van der Waals surface area contributed by atoms with Gasteiger partial charge in [0.15, 0.2) is 0 Å². The van der Waals surface area contributed by atoms with E-state index in [1.165, 1.54) is 12.2 Å². The first-order valence-corrected chi connectivity index (χ1v) is 8.38. The monoisotopic (exact) mass is 269 g/mol. The molecule has 0 amide bonds. The third-order valence-electron chi connectivity index (χ3n) is 4.67. The van der Waals surface area contributed by atoms with Crippen LogP contribution in [0.3, 0.4) is 0 Å². The predicted molar refractivity (Wildman–Crippen MR) is 73.9 cm³/mol. The molecule has 18 heavy (non-hydrogen) atoms. The Morgan fingerprint density at radius 3 is 3.11 bits per heavy atom. The zero-order valence-corrected chi connectivity index (χ0v) is 11.8. The topological polar surface area (TPSA) is 38.3 Å². The second-order valence-electron chi connectivity index (χ2n) is 6.05. The number of hydrogen-bond donors (Lipinski definition) is 1. The Morgan fingerprint density at radius 1 is 1.44 bits per heavy atom. The van der Waals surface area contributed by atoms with Crippen molar-refractivity contribution in [2.24, 2.45) is 11.8 Å². The van der Waals surface area contributed by atoms with E-state index in [2.05, 4.69) is 5.32 Å². The van der Waals surface area contributed by atoms with Crippen LogP contribution in [0.15, 0.2) is 0 Å². The highest BCUT2D eigenvalue weighted by atomic mass is 32.2. The van der Waals surface area contributed by atoms with Crippen molar-refractivity contribution >= 4 is 17.5 Å². The van der Waals surface area contributed by atoms with Gasteiger partial charge >= 0.3 is 0 Å². The molecule has 3 atom stereocenters. The average Bonchev–Trinajstić information content (AvgIpc) is 3.02. The molecule has 3 fully saturated rings. The van der Waals surface area contributed by atoms with Gasteiger partial charge in [0.2, 0.25) is 0 Å². The fraction of sp³-hybridized carbons (Fsp3) is 0.929. The Bertz CT molecular complexity index is 309. The molecule has 3 unspecified atom stereocenters. The zero-order valence-electron chi connectivity index (χ0n) is 11.0. The molecule has 102 valence electrons. The Balaban J connectivity index is 1.56. The maximum Gasteiger partial charge on any atom is 0.136 e. The van der Waals surface area contributed by atoms with Gasteiger partial charge in [0.05, 0.1) is 5.60 Å². The van der Waals surface area contributed by atoms with Gasteiger partial charge in [-0.05, 0) is 50.4 Å². The van der Waals surface area contributed by atoms with Crippen LogP contribution in [-0.2, 0) is 9.53 Å². The molecule has 0 aromatic heterocycles. The van der Waals surface area contributed by atoms with E-state index in [0.717, 1.165) is 51.1 Å². The third-order valence-corrected chi connectivity index (χ3v) is 5.89. The third kappa shape index (κ3) is 2.75. The number of thioether (sulfide) groups is 1. The van der Waals surface area contributed by atoms with Gasteiger partial charge in [-0.15, -0.1) is 0 Å². The number of nitrogens with one attached hydrogen (secondary N) is 1. The van der Waals surface area contributed by atoms with Gasteiger partial charge in [-0.1, -0.05) is 0 Å². The molecule has 0 aliphatic carbocycles. The van der Waals surface area contributed by atoms with Gasteiger partial charge in [-0.25, -0.2) is 0 Å². The van der Waals surface area contributed by atoms with Crippen molar-refractivity contribution in [1.29, 1.82) is 0 Å². The molecule has 3 rings (SSSR count). The lowest BCUT2D eigenvalue weighted by Crippen LogP contribution is -2.42. The predicted octanol–water partition coefficient (Wildman–Crippen LogP) is 1.86. The van der Waals surface area contributed by atoms with Crippen molar-refractivity contribution in [1.82, 2.24) is 5.32 Å². The normalized spacial score (nSPS) is 40.4. The number of ether oxygens (including phenoxy) is 1. The van der Waals surface area contributed by atoms with Crippen molar-refractivity contribution < 1.29 is 9.53 Å². The lowest BCUT2D eigenvalue weighted by atomic mass is 9.81. The number of rotatable bonds is 3. The van der Waals surface area contributed by atoms with Crippen LogP contribution in [0.5, 0.6) is 0 Å². The molecule has 1 N–H and O–H groups in total. The Morgan fingerprint density at radius 2 is 2.39 bits per heavy atom. The summed E-state index contributed by atoms with van der Waals surface area (Å²) in [5, 5.41) is 3.35. The average molecular weight is 269 g/mol. The maximum absolute atomic E-state index is 12.4. The molecular weight excluding hydrogens is 246 g/mol. The lowest BCUT2D eigenvalue weighted by molar-refractivity contribution is -0.134. The largest absolute Gasteiger partial charge is 0.374 e. The minimum absolute atomic E-state index is 0.0527. The van der Waals surface area contributed by atoms with Gasteiger partial charge in [-0.2, -0.15) is 11.8 Å². The summed E-state index contributed by atoms with van der Waals surface area (Å²) < 4.78 is 5.99. The molecule has 4 heteroatoms. The molecule has 3 heterocycles. The van der Waals surface area contributed by atoms with Gasteiger partial charge in [0, 0.05) is 24.7 Å². The van der Waals surface area contributed by atoms with E-state index in [9.17, 15) is 4.79 Å². The van der Waals surface area contributed by atoms with Crippen molar-refractivity contribution in [3.8, 4) is 0 Å². The van der Waals surface area contributed by atoms with Crippen LogP contribution in [0.25, 0.3) is 0 Å². The van der Waals surface area contributed by atoms with E-state index < -0.39 is 0 Å². The van der Waals surface area contributed by atoms with E-state index in [1.807, 2.05) is 11.8 Å². The van der Waals surface area contributed by atoms with E-state index in [-0.39, 0.29) is 11.5 Å². The van der Waals surface area contributed by atoms with Gasteiger partial charge in [0.1, 0.15) is 5.78 Å². The number of ketones is 1. The summed E-state index contributed by atoms with van der Waals surface area (Å²) in [6, 6.07) is 0. The number of Topliss-reactive ketones (excluding diaryl/α,β-unsaturated/α-hetero) is 1. The number of carbonyl (C=O) groups excluding carboxylic acids is 1. The second kappa shape index (κ2) is 5.51. The first-order chi connectivity index (χ1) is 8.77. The highest BCUT2D eigenvalue weighted by Crippen LogP contribution is 2.41. The molecule has 0 radical (unpaired) electrons. The molecular formula is C14H23NO2S. The SMILES string of the molecule is O=C(CC1CCNC1)C1CCOC2(CCSC2)C1. The fourth-order valence-corrected chi connectivity index (χ4v) is 4.88. The first kappa shape index (κ1) is 12.9. The van der Waals surface area contributed by atoms with Crippen LogP contribution in [0.2, 0.25) is 0 Å². The molecule has 1 spiro atoms. The lowest BCUT2D eigenvalue weighted by Gasteiger charge is -2.37. The highest BCUT2D eigenvalue weighted by Gasteiger charge is 2.42. The molecule has 3 aliphatic rings. The summed E-state index contributed by atoms with van der Waals surface area (Å²) in [5.74, 6) is 3.67. The Kier molecular flexibility index (Phi) is 3.97. The second-order valence-corrected chi connectivity index (χ2v) is 7.16. The van der Waals surface area contributed by atoms with Crippen LogP contribution < -0.4 is 5.32 Å². The van der Waals surface area contributed by atoms with Crippen molar-refractivity contribution in [3.63, 3.8) is 0 Å². The van der Waals surface area contributed by atoms with E-state index >= 15 is 0 Å². The molecule has 0 saturated carbocycles. The summed E-state index contributed by atoms with van der Waals surface area (Å²) in [7, 11) is 0. The number of carbonyl (C=O) groups is 1. The van der Waals surface area contributed by atoms with Crippen molar-refractivity contribution in [2.75, 3.05) is 31.2 Å². The summed E-state index contributed by atoms with van der Waals surface area (Å²) >= 11 is 1.98. The molecule has 3 saturated heterocycles. The molecule has 0 bridgehead atoms. The van der Waals surface area contributed by atoms with E-state index in [1.54, 1.807) is 0 Å². The van der Waals surface area contributed by atoms with E-state index in [0.29, 0.717) is 11.7 Å². The summed E-state index contributed by atoms with van der Waals surface area (Å²) in [6.07, 6.45) is 5.05. The molecule has 0 aromatic rings. The quantitative estimate of drug-likeness (QED) is 0.849. The molecule has 3 nitrogen and oxygen atoms in total. The first-order valence-electron chi connectivity index (χ1n) is 7.23. The highest BCUT2D eigenvalue weighted by molar-refractivity contribution is 7.99. The van der Waals surface area contributed by atoms with Crippen LogP contribution in [0, 0.1) is 11.8 Å². The molecule has 0 aromatic carbocycles. The Hall–Kier alpha value is -0.0600. The Labute approximate surface area is 113 Å². The van der Waals surface area contributed by atoms with Gasteiger partial charge in [0.25, 0.3) is 0 Å². The number of hydrogen-bond acceptors (Lipinski definition) is 4. The smallest absolute Gasteiger partial charge is 0.136 e.